The maximum Gasteiger partial charge on any atom is 0.227 e. The average Bonchev–Trinajstić information content (AvgIpc) is 3.12. The Morgan fingerprint density at radius 1 is 1.23 bits per heavy atom. The van der Waals surface area contributed by atoms with Crippen LogP contribution in [0.2, 0.25) is 10.2 Å². The number of likely N-dealkylation sites (tertiary alicyclic amines) is 1. The predicted octanol–water partition coefficient (Wildman–Crippen LogP) is 4.38. The smallest absolute Gasteiger partial charge is 0.227 e. The van der Waals surface area contributed by atoms with Crippen LogP contribution in [-0.4, -0.2) is 56.5 Å². The Hall–Kier alpha value is -1.93. The van der Waals surface area contributed by atoms with Gasteiger partial charge in [-0.15, -0.1) is 0 Å². The lowest BCUT2D eigenvalue weighted by Crippen LogP contribution is -2.61. The van der Waals surface area contributed by atoms with Crippen LogP contribution in [0.5, 0.6) is 0 Å². The molecule has 0 aliphatic carbocycles. The number of nitrogens with zero attached hydrogens (tertiary/aromatic N) is 5. The maximum atomic E-state index is 7.49. The molecule has 0 saturated carbocycles. The molecule has 2 aliphatic heterocycles. The first-order valence-corrected chi connectivity index (χ1v) is 10.7. The number of piperidine rings is 1. The van der Waals surface area contributed by atoms with E-state index in [1.807, 2.05) is 12.1 Å². The van der Waals surface area contributed by atoms with E-state index in [0.29, 0.717) is 17.6 Å². The molecule has 2 aliphatic rings. The second kappa shape index (κ2) is 7.64. The molecule has 0 spiro atoms. The highest BCUT2D eigenvalue weighted by atomic mass is 35.5. The van der Waals surface area contributed by atoms with Crippen molar-refractivity contribution in [1.29, 1.82) is 0 Å². The number of ether oxygens (including phenoxy) is 1. The van der Waals surface area contributed by atoms with E-state index in [1.54, 1.807) is 6.20 Å². The van der Waals surface area contributed by atoms with Crippen molar-refractivity contribution in [2.24, 2.45) is 6.98 Å². The van der Waals surface area contributed by atoms with Gasteiger partial charge in [-0.05, 0) is 56.5 Å². The largest absolute Gasteiger partial charge is 0.377 e. The molecule has 4 heterocycles. The fourth-order valence-corrected chi connectivity index (χ4v) is 4.75. The zero-order valence-corrected chi connectivity index (χ0v) is 18.0. The summed E-state index contributed by atoms with van der Waals surface area (Å²) in [5, 5.41) is 8.33. The first-order chi connectivity index (χ1) is 15.6. The molecule has 1 N–H and O–H groups in total. The van der Waals surface area contributed by atoms with Gasteiger partial charge in [-0.1, -0.05) is 23.2 Å². The van der Waals surface area contributed by atoms with E-state index in [-0.39, 0.29) is 10.7 Å². The zero-order valence-electron chi connectivity index (χ0n) is 19.5. The van der Waals surface area contributed by atoms with Crippen LogP contribution in [0.25, 0.3) is 10.9 Å². The normalized spacial score (nSPS) is 21.6. The first kappa shape index (κ1) is 16.7. The molecular formula is C21H24Cl2N6O. The molecule has 0 unspecified atom stereocenters. The van der Waals surface area contributed by atoms with Gasteiger partial charge in [-0.2, -0.15) is 5.10 Å². The Bertz CT molecular complexity index is 1190. The number of hydrogen-bond donors (Lipinski definition) is 1. The summed E-state index contributed by atoms with van der Waals surface area (Å²) < 4.78 is 28.7. The number of aromatic nitrogens is 4. The van der Waals surface area contributed by atoms with Crippen molar-refractivity contribution in [3.63, 3.8) is 0 Å². The van der Waals surface area contributed by atoms with Crippen LogP contribution in [0.1, 0.15) is 35.4 Å². The summed E-state index contributed by atoms with van der Waals surface area (Å²) in [6.07, 6.45) is 5.08. The molecule has 7 nitrogen and oxygen atoms in total. The van der Waals surface area contributed by atoms with Crippen LogP contribution in [0, 0.1) is 0 Å². The molecule has 30 heavy (non-hydrogen) atoms. The van der Waals surface area contributed by atoms with Crippen molar-refractivity contribution < 1.29 is 8.85 Å². The molecule has 5 rings (SSSR count). The van der Waals surface area contributed by atoms with Gasteiger partial charge in [0.15, 0.2) is 0 Å². The lowest BCUT2D eigenvalue weighted by molar-refractivity contribution is -0.136. The minimum Gasteiger partial charge on any atom is -0.377 e. The van der Waals surface area contributed by atoms with Gasteiger partial charge in [0.1, 0.15) is 5.15 Å². The Balaban J connectivity index is 1.37. The van der Waals surface area contributed by atoms with Gasteiger partial charge in [0, 0.05) is 27.7 Å². The molecule has 2 aromatic heterocycles. The average molecular weight is 450 g/mol. The summed E-state index contributed by atoms with van der Waals surface area (Å²) in [4.78, 5) is 11.5. The Kier molecular flexibility index (Phi) is 4.26. The topological polar surface area (TPSA) is 68.1 Å². The predicted molar refractivity (Wildman–Crippen MR) is 119 cm³/mol. The summed E-state index contributed by atoms with van der Waals surface area (Å²) in [6.45, 7) is 3.43. The second-order valence-electron chi connectivity index (χ2n) is 8.26. The summed E-state index contributed by atoms with van der Waals surface area (Å²) in [5.74, 6) is 0.663. The molecule has 9 heteroatoms. The highest BCUT2D eigenvalue weighted by Crippen LogP contribution is 2.38. The van der Waals surface area contributed by atoms with Crippen LogP contribution in [0.3, 0.4) is 0 Å². The van der Waals surface area contributed by atoms with E-state index in [9.17, 15) is 0 Å². The maximum absolute atomic E-state index is 7.49. The van der Waals surface area contributed by atoms with E-state index in [1.165, 1.54) is 6.20 Å². The van der Waals surface area contributed by atoms with E-state index in [2.05, 4.69) is 32.2 Å². The number of benzene rings is 1. The lowest BCUT2D eigenvalue weighted by atomic mass is 9.86. The summed E-state index contributed by atoms with van der Waals surface area (Å²) in [6, 6.07) is 3.94. The summed E-state index contributed by atoms with van der Waals surface area (Å²) in [7, 11) is 0. The van der Waals surface area contributed by atoms with E-state index >= 15 is 0 Å². The minimum absolute atomic E-state index is 0.0344. The summed E-state index contributed by atoms with van der Waals surface area (Å²) in [5.41, 5.74) is 2.34. The van der Waals surface area contributed by atoms with Gasteiger partial charge in [0.05, 0.1) is 36.2 Å². The number of nitrogens with one attached hydrogen (secondary N) is 1. The van der Waals surface area contributed by atoms with Gasteiger partial charge in [0.25, 0.3) is 0 Å². The molecule has 1 aromatic carbocycles. The molecular weight excluding hydrogens is 423 g/mol. The molecule has 158 valence electrons. The number of fused-ring (bicyclic) bond motifs is 1. The van der Waals surface area contributed by atoms with E-state index in [0.717, 1.165) is 65.3 Å². The molecule has 2 saturated heterocycles. The first-order valence-electron chi connectivity index (χ1n) is 11.4. The minimum atomic E-state index is -2.47. The van der Waals surface area contributed by atoms with Gasteiger partial charge in [-0.3, -0.25) is 9.58 Å². The zero-order chi connectivity index (χ0) is 23.4. The van der Waals surface area contributed by atoms with Crippen molar-refractivity contribution >= 4 is 45.7 Å². The molecule has 2 fully saturated rings. The van der Waals surface area contributed by atoms with Gasteiger partial charge >= 0.3 is 0 Å². The van der Waals surface area contributed by atoms with Crippen molar-refractivity contribution in [1.82, 2.24) is 24.6 Å². The van der Waals surface area contributed by atoms with Crippen molar-refractivity contribution in [3.05, 3.63) is 40.3 Å². The third-order valence-electron chi connectivity index (χ3n) is 6.18. The quantitative estimate of drug-likeness (QED) is 0.636. The Labute approximate surface area is 189 Å². The van der Waals surface area contributed by atoms with Crippen LogP contribution in [0.15, 0.2) is 24.5 Å². The van der Waals surface area contributed by atoms with Gasteiger partial charge < -0.3 is 10.1 Å². The third-order valence-corrected chi connectivity index (χ3v) is 6.87. The highest BCUT2D eigenvalue weighted by Gasteiger charge is 2.41. The van der Waals surface area contributed by atoms with Crippen molar-refractivity contribution in [2.45, 2.75) is 31.2 Å². The van der Waals surface area contributed by atoms with Gasteiger partial charge in [0.2, 0.25) is 5.95 Å². The molecule has 0 amide bonds. The number of hydrogen-bond acceptors (Lipinski definition) is 6. The molecule has 0 atom stereocenters. The van der Waals surface area contributed by atoms with Crippen molar-refractivity contribution in [2.75, 3.05) is 31.6 Å². The number of anilines is 2. The van der Waals surface area contributed by atoms with Crippen molar-refractivity contribution in [3.8, 4) is 0 Å². The third kappa shape index (κ3) is 3.54. The second-order valence-corrected chi connectivity index (χ2v) is 9.03. The fraction of sp³-hybridized carbons (Fsp3) is 0.476. The van der Waals surface area contributed by atoms with E-state index in [4.69, 9.17) is 32.1 Å². The molecule has 0 radical (unpaired) electrons. The highest BCUT2D eigenvalue weighted by molar-refractivity contribution is 6.32. The summed E-state index contributed by atoms with van der Waals surface area (Å²) >= 11 is 12.8. The number of rotatable bonds is 4. The SMILES string of the molecule is [2H]C([2H])([2H])n1ncc(Nc2ncc3cc(Cl)c(C4CCN(C5(C)COC5)CC4)cc3n2)c1Cl. The van der Waals surface area contributed by atoms with Crippen LogP contribution < -0.4 is 5.32 Å². The van der Waals surface area contributed by atoms with E-state index < -0.39 is 6.98 Å². The number of halogens is 2. The van der Waals surface area contributed by atoms with Crippen LogP contribution in [-0.2, 0) is 11.7 Å². The number of aryl methyl sites for hydroxylation is 1. The van der Waals surface area contributed by atoms with Crippen LogP contribution >= 0.6 is 23.2 Å². The fourth-order valence-electron chi connectivity index (χ4n) is 4.29. The Morgan fingerprint density at radius 3 is 2.70 bits per heavy atom. The molecule has 0 bridgehead atoms. The standard InChI is InChI=1S/C21H24Cl2N6O/c1-21(11-30-12-21)29-5-3-13(4-6-29)15-8-17-14(7-16(15)22)9-24-20(26-17)27-18-10-25-28(2)19(18)23/h7-10,13H,3-6,11-12H2,1-2H3,(H,24,26,27)/i2D3. The monoisotopic (exact) mass is 449 g/mol. The van der Waals surface area contributed by atoms with Crippen LogP contribution in [0.4, 0.5) is 11.6 Å². The lowest BCUT2D eigenvalue weighted by Gasteiger charge is -2.50. The Morgan fingerprint density at radius 2 is 2.03 bits per heavy atom. The molecule has 3 aromatic rings. The van der Waals surface area contributed by atoms with Gasteiger partial charge in [-0.25, -0.2) is 9.97 Å².